The summed E-state index contributed by atoms with van der Waals surface area (Å²) in [4.78, 5) is 3.31. The molecule has 1 saturated heterocycles. The predicted octanol–water partition coefficient (Wildman–Crippen LogP) is 2.70. The van der Waals surface area contributed by atoms with Crippen molar-refractivity contribution in [1.29, 1.82) is 0 Å². The van der Waals surface area contributed by atoms with Crippen molar-refractivity contribution in [2.75, 3.05) is 18.8 Å². The molecule has 0 atom stereocenters. The summed E-state index contributed by atoms with van der Waals surface area (Å²) in [6.07, 6.45) is 3.89. The smallest absolute Gasteiger partial charge is 0.213 e. The normalized spacial score (nSPS) is 18.6. The van der Waals surface area contributed by atoms with Gasteiger partial charge in [-0.2, -0.15) is 0 Å². The molecule has 0 saturated carbocycles. The second kappa shape index (κ2) is 5.22. The molecular formula is C15H20N2O2S. The Kier molecular flexibility index (Phi) is 3.56. The Morgan fingerprint density at radius 1 is 1.25 bits per heavy atom. The van der Waals surface area contributed by atoms with E-state index >= 15 is 0 Å². The van der Waals surface area contributed by atoms with Gasteiger partial charge in [-0.3, -0.25) is 0 Å². The molecule has 0 aliphatic carbocycles. The SMILES string of the molecule is CCS(=O)(=O)N1CCC(c2c[nH]c3ccccc23)CC1. The van der Waals surface area contributed by atoms with Gasteiger partial charge in [-0.25, -0.2) is 12.7 Å². The number of fused-ring (bicyclic) bond motifs is 1. The highest BCUT2D eigenvalue weighted by atomic mass is 32.2. The van der Waals surface area contributed by atoms with Crippen molar-refractivity contribution in [1.82, 2.24) is 9.29 Å². The van der Waals surface area contributed by atoms with Crippen molar-refractivity contribution in [3.8, 4) is 0 Å². The van der Waals surface area contributed by atoms with E-state index in [0.29, 0.717) is 19.0 Å². The number of aromatic amines is 1. The van der Waals surface area contributed by atoms with Gasteiger partial charge >= 0.3 is 0 Å². The number of piperidine rings is 1. The first-order chi connectivity index (χ1) is 9.62. The second-order valence-electron chi connectivity index (χ2n) is 5.36. The van der Waals surface area contributed by atoms with Gasteiger partial charge in [0.25, 0.3) is 0 Å². The highest BCUT2D eigenvalue weighted by Gasteiger charge is 2.28. The Morgan fingerprint density at radius 2 is 1.95 bits per heavy atom. The molecule has 0 bridgehead atoms. The maximum absolute atomic E-state index is 11.9. The van der Waals surface area contributed by atoms with E-state index in [2.05, 4.69) is 29.4 Å². The molecule has 5 heteroatoms. The molecule has 108 valence electrons. The lowest BCUT2D eigenvalue weighted by Gasteiger charge is -2.30. The second-order valence-corrected chi connectivity index (χ2v) is 7.62. The van der Waals surface area contributed by atoms with E-state index in [1.807, 2.05) is 6.07 Å². The molecule has 1 aromatic carbocycles. The quantitative estimate of drug-likeness (QED) is 0.945. The van der Waals surface area contributed by atoms with Crippen LogP contribution in [-0.4, -0.2) is 36.5 Å². The third kappa shape index (κ3) is 2.36. The molecule has 0 unspecified atom stereocenters. The third-order valence-corrected chi connectivity index (χ3v) is 6.15. The highest BCUT2D eigenvalue weighted by molar-refractivity contribution is 7.89. The summed E-state index contributed by atoms with van der Waals surface area (Å²) >= 11 is 0. The lowest BCUT2D eigenvalue weighted by Crippen LogP contribution is -2.38. The number of hydrogen-bond donors (Lipinski definition) is 1. The zero-order valence-electron chi connectivity index (χ0n) is 11.7. The lowest BCUT2D eigenvalue weighted by atomic mass is 9.90. The van der Waals surface area contributed by atoms with Gasteiger partial charge in [0.15, 0.2) is 0 Å². The largest absolute Gasteiger partial charge is 0.361 e. The number of hydrogen-bond acceptors (Lipinski definition) is 2. The van der Waals surface area contributed by atoms with Crippen LogP contribution in [-0.2, 0) is 10.0 Å². The van der Waals surface area contributed by atoms with Crippen LogP contribution < -0.4 is 0 Å². The summed E-state index contributed by atoms with van der Waals surface area (Å²) in [5.74, 6) is 0.652. The Bertz CT molecular complexity index is 697. The molecule has 0 amide bonds. The standard InChI is InChI=1S/C15H20N2O2S/c1-2-20(18,19)17-9-7-12(8-10-17)14-11-16-15-6-4-3-5-13(14)15/h3-6,11-12,16H,2,7-10H2,1H3. The summed E-state index contributed by atoms with van der Waals surface area (Å²) in [5.41, 5.74) is 2.49. The van der Waals surface area contributed by atoms with Crippen LogP contribution in [0.5, 0.6) is 0 Å². The van der Waals surface area contributed by atoms with Gasteiger partial charge in [0.1, 0.15) is 0 Å². The summed E-state index contributed by atoms with van der Waals surface area (Å²) < 4.78 is 25.4. The molecule has 1 N–H and O–H groups in total. The minimum Gasteiger partial charge on any atom is -0.361 e. The van der Waals surface area contributed by atoms with Crippen molar-refractivity contribution in [3.05, 3.63) is 36.0 Å². The average Bonchev–Trinajstić information content (AvgIpc) is 2.91. The highest BCUT2D eigenvalue weighted by Crippen LogP contribution is 2.33. The number of nitrogens with one attached hydrogen (secondary N) is 1. The van der Waals surface area contributed by atoms with Gasteiger partial charge < -0.3 is 4.98 Å². The maximum atomic E-state index is 11.9. The van der Waals surface area contributed by atoms with Gasteiger partial charge in [0.2, 0.25) is 10.0 Å². The van der Waals surface area contributed by atoms with E-state index in [-0.39, 0.29) is 5.75 Å². The van der Waals surface area contributed by atoms with E-state index < -0.39 is 10.0 Å². The number of sulfonamides is 1. The zero-order valence-corrected chi connectivity index (χ0v) is 12.5. The van der Waals surface area contributed by atoms with Gasteiger partial charge in [-0.1, -0.05) is 18.2 Å². The van der Waals surface area contributed by atoms with E-state index in [1.165, 1.54) is 10.9 Å². The lowest BCUT2D eigenvalue weighted by molar-refractivity contribution is 0.321. The summed E-state index contributed by atoms with van der Waals surface area (Å²) in [6, 6.07) is 8.29. The summed E-state index contributed by atoms with van der Waals surface area (Å²) in [5, 5.41) is 1.27. The van der Waals surface area contributed by atoms with Crippen LogP contribution in [0.15, 0.2) is 30.5 Å². The number of para-hydroxylation sites is 1. The summed E-state index contributed by atoms with van der Waals surface area (Å²) in [6.45, 7) is 2.99. The van der Waals surface area contributed by atoms with E-state index in [0.717, 1.165) is 18.4 Å². The van der Waals surface area contributed by atoms with Crippen molar-refractivity contribution < 1.29 is 8.42 Å². The molecule has 4 nitrogen and oxygen atoms in total. The minimum absolute atomic E-state index is 0.199. The van der Waals surface area contributed by atoms with Crippen LogP contribution in [0.2, 0.25) is 0 Å². The number of benzene rings is 1. The molecule has 2 aromatic rings. The molecule has 1 aromatic heterocycles. The fourth-order valence-corrected chi connectivity index (χ4v) is 4.19. The van der Waals surface area contributed by atoms with Gasteiger partial charge in [-0.15, -0.1) is 0 Å². The maximum Gasteiger partial charge on any atom is 0.213 e. The Labute approximate surface area is 119 Å². The number of H-pyrrole nitrogens is 1. The molecule has 3 rings (SSSR count). The van der Waals surface area contributed by atoms with Crippen molar-refractivity contribution in [2.24, 2.45) is 0 Å². The van der Waals surface area contributed by atoms with Crippen LogP contribution in [0, 0.1) is 0 Å². The molecule has 20 heavy (non-hydrogen) atoms. The fourth-order valence-electron chi connectivity index (χ4n) is 3.06. The van der Waals surface area contributed by atoms with Gasteiger partial charge in [0.05, 0.1) is 5.75 Å². The average molecular weight is 292 g/mol. The van der Waals surface area contributed by atoms with Crippen LogP contribution in [0.3, 0.4) is 0 Å². The summed E-state index contributed by atoms with van der Waals surface area (Å²) in [7, 11) is -3.03. The van der Waals surface area contributed by atoms with Crippen molar-refractivity contribution in [2.45, 2.75) is 25.7 Å². The number of rotatable bonds is 3. The monoisotopic (exact) mass is 292 g/mol. The zero-order chi connectivity index (χ0) is 14.2. The molecule has 0 spiro atoms. The molecule has 1 fully saturated rings. The number of aromatic nitrogens is 1. The number of nitrogens with zero attached hydrogens (tertiary/aromatic N) is 1. The first-order valence-electron chi connectivity index (χ1n) is 7.15. The minimum atomic E-state index is -3.03. The van der Waals surface area contributed by atoms with Gasteiger partial charge in [0, 0.05) is 30.2 Å². The topological polar surface area (TPSA) is 53.2 Å². The first kappa shape index (κ1) is 13.6. The fraction of sp³-hybridized carbons (Fsp3) is 0.467. The van der Waals surface area contributed by atoms with Crippen LogP contribution >= 0.6 is 0 Å². The Morgan fingerprint density at radius 3 is 2.65 bits per heavy atom. The molecule has 2 heterocycles. The van der Waals surface area contributed by atoms with Crippen molar-refractivity contribution in [3.63, 3.8) is 0 Å². The van der Waals surface area contributed by atoms with Crippen LogP contribution in [0.1, 0.15) is 31.2 Å². The van der Waals surface area contributed by atoms with Crippen LogP contribution in [0.25, 0.3) is 10.9 Å². The molecule has 1 aliphatic heterocycles. The third-order valence-electron chi connectivity index (χ3n) is 4.27. The molecular weight excluding hydrogens is 272 g/mol. The molecule has 1 aliphatic rings. The first-order valence-corrected chi connectivity index (χ1v) is 8.76. The predicted molar refractivity (Wildman–Crippen MR) is 81.3 cm³/mol. The Hall–Kier alpha value is -1.33. The van der Waals surface area contributed by atoms with Gasteiger partial charge in [-0.05, 0) is 37.3 Å². The van der Waals surface area contributed by atoms with E-state index in [9.17, 15) is 8.42 Å². The van der Waals surface area contributed by atoms with E-state index in [1.54, 1.807) is 11.2 Å². The van der Waals surface area contributed by atoms with Crippen LogP contribution in [0.4, 0.5) is 0 Å². The Balaban J connectivity index is 1.79. The van der Waals surface area contributed by atoms with Crippen molar-refractivity contribution >= 4 is 20.9 Å². The van der Waals surface area contributed by atoms with E-state index in [4.69, 9.17) is 0 Å². The molecule has 0 radical (unpaired) electrons.